The molecule has 144 valence electrons. The number of aromatic nitrogens is 2. The maximum Gasteiger partial charge on any atom is 0.252 e. The highest BCUT2D eigenvalue weighted by molar-refractivity contribution is 6.30. The highest BCUT2D eigenvalue weighted by Crippen LogP contribution is 2.26. The van der Waals surface area contributed by atoms with Gasteiger partial charge < -0.3 is 9.73 Å². The number of nitrogens with one attached hydrogen (secondary N) is 1. The van der Waals surface area contributed by atoms with Gasteiger partial charge in [-0.1, -0.05) is 48.0 Å². The van der Waals surface area contributed by atoms with E-state index in [9.17, 15) is 9.18 Å². The van der Waals surface area contributed by atoms with Gasteiger partial charge in [0.1, 0.15) is 11.9 Å². The van der Waals surface area contributed by atoms with Gasteiger partial charge >= 0.3 is 0 Å². The van der Waals surface area contributed by atoms with Crippen molar-refractivity contribution in [1.82, 2.24) is 15.5 Å². The Bertz CT molecular complexity index is 1130. The van der Waals surface area contributed by atoms with Gasteiger partial charge in [0.05, 0.1) is 0 Å². The average molecular weight is 408 g/mol. The van der Waals surface area contributed by atoms with Crippen molar-refractivity contribution >= 4 is 17.5 Å². The summed E-state index contributed by atoms with van der Waals surface area (Å²) in [6.45, 7) is 0. The van der Waals surface area contributed by atoms with Crippen LogP contribution in [0.5, 0.6) is 0 Å². The van der Waals surface area contributed by atoms with E-state index in [0.717, 1.165) is 5.56 Å². The molecule has 1 atom stereocenters. The Kier molecular flexibility index (Phi) is 5.35. The van der Waals surface area contributed by atoms with Crippen LogP contribution in [0.25, 0.3) is 11.5 Å². The summed E-state index contributed by atoms with van der Waals surface area (Å²) in [5.41, 5.74) is 1.66. The standard InChI is InChI=1S/C22H15ClFN3O2/c23-17-11-9-15(10-12-17)21-26-27-22(29-21)19(14-5-2-1-3-6-14)25-20(28)16-7-4-8-18(24)13-16/h1-13,19H,(H,25,28)/t19-/m1/s1. The van der Waals surface area contributed by atoms with Crippen molar-refractivity contribution < 1.29 is 13.6 Å². The number of halogens is 2. The molecular formula is C22H15ClFN3O2. The van der Waals surface area contributed by atoms with Crippen molar-refractivity contribution in [3.05, 3.63) is 107 Å². The van der Waals surface area contributed by atoms with E-state index in [4.69, 9.17) is 16.0 Å². The lowest BCUT2D eigenvalue weighted by atomic mass is 10.1. The maximum atomic E-state index is 13.5. The lowest BCUT2D eigenvalue weighted by molar-refractivity contribution is 0.0937. The Morgan fingerprint density at radius 1 is 0.966 bits per heavy atom. The second-order valence-electron chi connectivity index (χ2n) is 6.28. The lowest BCUT2D eigenvalue weighted by Crippen LogP contribution is -2.29. The summed E-state index contributed by atoms with van der Waals surface area (Å²) in [6, 6.07) is 21.0. The zero-order valence-corrected chi connectivity index (χ0v) is 15.8. The molecule has 4 rings (SSSR count). The minimum Gasteiger partial charge on any atom is -0.418 e. The Morgan fingerprint density at radius 3 is 2.45 bits per heavy atom. The number of carbonyl (C=O) groups is 1. The van der Waals surface area contributed by atoms with Gasteiger partial charge in [-0.15, -0.1) is 10.2 Å². The number of benzene rings is 3. The minimum absolute atomic E-state index is 0.198. The third-order valence-corrected chi connectivity index (χ3v) is 4.53. The van der Waals surface area contributed by atoms with Gasteiger partial charge in [-0.2, -0.15) is 0 Å². The normalized spacial score (nSPS) is 11.8. The topological polar surface area (TPSA) is 68.0 Å². The van der Waals surface area contributed by atoms with E-state index in [0.29, 0.717) is 16.5 Å². The molecule has 3 aromatic carbocycles. The van der Waals surface area contributed by atoms with E-state index >= 15 is 0 Å². The molecule has 5 nitrogen and oxygen atoms in total. The second-order valence-corrected chi connectivity index (χ2v) is 6.72. The molecule has 1 aromatic heterocycles. The lowest BCUT2D eigenvalue weighted by Gasteiger charge is -2.15. The second kappa shape index (κ2) is 8.24. The van der Waals surface area contributed by atoms with Crippen LogP contribution in [0.4, 0.5) is 4.39 Å². The van der Waals surface area contributed by atoms with Crippen LogP contribution < -0.4 is 5.32 Å². The molecule has 1 heterocycles. The molecule has 0 aliphatic rings. The van der Waals surface area contributed by atoms with E-state index < -0.39 is 17.8 Å². The summed E-state index contributed by atoms with van der Waals surface area (Å²) < 4.78 is 19.3. The smallest absolute Gasteiger partial charge is 0.252 e. The molecule has 0 fully saturated rings. The van der Waals surface area contributed by atoms with E-state index in [1.807, 2.05) is 30.3 Å². The van der Waals surface area contributed by atoms with Crippen molar-refractivity contribution in [3.63, 3.8) is 0 Å². The Hall–Kier alpha value is -3.51. The molecule has 1 N–H and O–H groups in total. The summed E-state index contributed by atoms with van der Waals surface area (Å²) >= 11 is 5.92. The maximum absolute atomic E-state index is 13.5. The van der Waals surface area contributed by atoms with Crippen molar-refractivity contribution in [3.8, 4) is 11.5 Å². The van der Waals surface area contributed by atoms with Crippen molar-refractivity contribution in [2.75, 3.05) is 0 Å². The van der Waals surface area contributed by atoms with Gasteiger partial charge in [-0.05, 0) is 48.0 Å². The number of amides is 1. The van der Waals surface area contributed by atoms with Crippen molar-refractivity contribution in [2.24, 2.45) is 0 Å². The van der Waals surface area contributed by atoms with Gasteiger partial charge in [-0.25, -0.2) is 4.39 Å². The number of carbonyl (C=O) groups excluding carboxylic acids is 1. The van der Waals surface area contributed by atoms with Crippen LogP contribution in [0.1, 0.15) is 27.9 Å². The van der Waals surface area contributed by atoms with Crippen LogP contribution in [0, 0.1) is 5.82 Å². The molecule has 0 saturated heterocycles. The first-order valence-corrected chi connectivity index (χ1v) is 9.18. The van der Waals surface area contributed by atoms with E-state index in [2.05, 4.69) is 15.5 Å². The first-order valence-electron chi connectivity index (χ1n) is 8.81. The summed E-state index contributed by atoms with van der Waals surface area (Å²) in [5, 5.41) is 11.6. The molecule has 0 radical (unpaired) electrons. The van der Waals surface area contributed by atoms with Gasteiger partial charge in [-0.3, -0.25) is 4.79 Å². The molecule has 1 amide bonds. The van der Waals surface area contributed by atoms with Crippen LogP contribution in [0.15, 0.2) is 83.3 Å². The summed E-state index contributed by atoms with van der Waals surface area (Å²) in [7, 11) is 0. The van der Waals surface area contributed by atoms with Gasteiger partial charge in [0.2, 0.25) is 11.8 Å². The fourth-order valence-electron chi connectivity index (χ4n) is 2.84. The summed E-state index contributed by atoms with van der Waals surface area (Å²) in [6.07, 6.45) is 0. The Balaban J connectivity index is 1.66. The number of hydrogen-bond acceptors (Lipinski definition) is 4. The Morgan fingerprint density at radius 2 is 1.72 bits per heavy atom. The minimum atomic E-state index is -0.694. The average Bonchev–Trinajstić information content (AvgIpc) is 3.23. The largest absolute Gasteiger partial charge is 0.418 e. The zero-order valence-electron chi connectivity index (χ0n) is 15.0. The SMILES string of the molecule is O=C(N[C@H](c1ccccc1)c1nnc(-c2ccc(Cl)cc2)o1)c1cccc(F)c1. The van der Waals surface area contributed by atoms with Crippen LogP contribution in [-0.4, -0.2) is 16.1 Å². The molecule has 0 bridgehead atoms. The number of nitrogens with zero attached hydrogens (tertiary/aromatic N) is 2. The van der Waals surface area contributed by atoms with Gasteiger partial charge in [0.25, 0.3) is 5.91 Å². The molecule has 4 aromatic rings. The molecule has 7 heteroatoms. The highest BCUT2D eigenvalue weighted by atomic mass is 35.5. The van der Waals surface area contributed by atoms with E-state index in [1.54, 1.807) is 24.3 Å². The first kappa shape index (κ1) is 18.8. The van der Waals surface area contributed by atoms with Gasteiger partial charge in [0, 0.05) is 16.1 Å². The summed E-state index contributed by atoms with van der Waals surface area (Å²) in [4.78, 5) is 12.7. The summed E-state index contributed by atoms with van der Waals surface area (Å²) in [5.74, 6) is -0.426. The van der Waals surface area contributed by atoms with Crippen LogP contribution >= 0.6 is 11.6 Å². The predicted molar refractivity (Wildman–Crippen MR) is 107 cm³/mol. The Labute approximate surface area is 171 Å². The zero-order chi connectivity index (χ0) is 20.2. The quantitative estimate of drug-likeness (QED) is 0.502. The molecule has 0 saturated carbocycles. The van der Waals surface area contributed by atoms with Crippen molar-refractivity contribution in [1.29, 1.82) is 0 Å². The third-order valence-electron chi connectivity index (χ3n) is 4.27. The fourth-order valence-corrected chi connectivity index (χ4v) is 2.96. The van der Waals surface area contributed by atoms with Crippen LogP contribution in [-0.2, 0) is 0 Å². The molecule has 0 aliphatic heterocycles. The number of hydrogen-bond donors (Lipinski definition) is 1. The molecule has 0 unspecified atom stereocenters. The highest BCUT2D eigenvalue weighted by Gasteiger charge is 2.24. The molecule has 0 aliphatic carbocycles. The van der Waals surface area contributed by atoms with E-state index in [-0.39, 0.29) is 11.5 Å². The van der Waals surface area contributed by atoms with Crippen LogP contribution in [0.3, 0.4) is 0 Å². The monoisotopic (exact) mass is 407 g/mol. The number of rotatable bonds is 5. The van der Waals surface area contributed by atoms with Gasteiger partial charge in [0.15, 0.2) is 0 Å². The first-order chi connectivity index (χ1) is 14.1. The van der Waals surface area contributed by atoms with Crippen LogP contribution in [0.2, 0.25) is 5.02 Å². The molecule has 0 spiro atoms. The molecule has 29 heavy (non-hydrogen) atoms. The molecular weight excluding hydrogens is 393 g/mol. The third kappa shape index (κ3) is 4.33. The fraction of sp³-hybridized carbons (Fsp3) is 0.0455. The predicted octanol–water partition coefficient (Wildman–Crippen LogP) is 5.05. The van der Waals surface area contributed by atoms with Crippen molar-refractivity contribution in [2.45, 2.75) is 6.04 Å². The van der Waals surface area contributed by atoms with E-state index in [1.165, 1.54) is 24.3 Å².